The molecule has 0 radical (unpaired) electrons. The molecule has 0 aliphatic carbocycles. The highest BCUT2D eigenvalue weighted by molar-refractivity contribution is 6.33. The molecule has 0 bridgehead atoms. The van der Waals surface area contributed by atoms with Gasteiger partial charge in [-0.15, -0.1) is 0 Å². The molecule has 0 heterocycles. The van der Waals surface area contributed by atoms with Crippen molar-refractivity contribution >= 4 is 58.8 Å². The van der Waals surface area contributed by atoms with Crippen LogP contribution in [0.25, 0.3) is 0 Å². The number of benzene rings is 2. The third-order valence-electron chi connectivity index (χ3n) is 4.59. The number of amides is 2. The Balaban J connectivity index is 1.71. The summed E-state index contributed by atoms with van der Waals surface area (Å²) in [5.74, 6) is -0.590. The lowest BCUT2D eigenvalue weighted by Gasteiger charge is -2.13. The molecule has 0 aliphatic heterocycles. The maximum Gasteiger partial charge on any atom is 0.240 e. The molecular formula is C23H28Cl2N6O2. The molecule has 0 aliphatic rings. The maximum atomic E-state index is 11.9. The second kappa shape index (κ2) is 12.8. The Bertz CT molecular complexity index is 956. The summed E-state index contributed by atoms with van der Waals surface area (Å²) >= 11 is 12.4. The zero-order chi connectivity index (χ0) is 24.4. The van der Waals surface area contributed by atoms with Gasteiger partial charge in [0.05, 0.1) is 22.5 Å². The van der Waals surface area contributed by atoms with Crippen molar-refractivity contribution < 1.29 is 9.59 Å². The Hall–Kier alpha value is -3.10. The van der Waals surface area contributed by atoms with E-state index in [0.717, 1.165) is 11.4 Å². The lowest BCUT2D eigenvalue weighted by atomic mass is 10.2. The van der Waals surface area contributed by atoms with Gasteiger partial charge < -0.3 is 9.80 Å². The third kappa shape index (κ3) is 8.75. The van der Waals surface area contributed by atoms with Crippen molar-refractivity contribution in [3.8, 4) is 0 Å². The molecule has 10 heteroatoms. The fourth-order valence-corrected chi connectivity index (χ4v) is 3.11. The molecule has 0 unspecified atom stereocenters. The zero-order valence-electron chi connectivity index (χ0n) is 19.1. The molecule has 2 N–H and O–H groups in total. The van der Waals surface area contributed by atoms with Gasteiger partial charge in [0.1, 0.15) is 0 Å². The number of carbonyl (C=O) groups is 2. The maximum absolute atomic E-state index is 11.9. The van der Waals surface area contributed by atoms with Crippen molar-refractivity contribution in [2.24, 2.45) is 10.2 Å². The highest BCUT2D eigenvalue weighted by Crippen LogP contribution is 2.22. The van der Waals surface area contributed by atoms with Gasteiger partial charge in [-0.2, -0.15) is 10.2 Å². The smallest absolute Gasteiger partial charge is 0.240 e. The lowest BCUT2D eigenvalue weighted by molar-refractivity contribution is -0.122. The summed E-state index contributed by atoms with van der Waals surface area (Å²) < 4.78 is 0. The SMILES string of the molecule is CN(C)c1ccc(/C=N\NC(=O)CCCC(=O)N/N=C\c2ccc(N(C)C)cc2Cl)c(Cl)c1. The van der Waals surface area contributed by atoms with Gasteiger partial charge in [-0.1, -0.05) is 23.2 Å². The first-order valence-electron chi connectivity index (χ1n) is 10.2. The van der Waals surface area contributed by atoms with Crippen LogP contribution in [0.5, 0.6) is 0 Å². The van der Waals surface area contributed by atoms with Gasteiger partial charge in [0.25, 0.3) is 0 Å². The van der Waals surface area contributed by atoms with Crippen molar-refractivity contribution in [3.63, 3.8) is 0 Å². The van der Waals surface area contributed by atoms with Gasteiger partial charge in [-0.3, -0.25) is 9.59 Å². The van der Waals surface area contributed by atoms with E-state index >= 15 is 0 Å². The van der Waals surface area contributed by atoms with Crippen molar-refractivity contribution in [3.05, 3.63) is 57.6 Å². The average molecular weight is 491 g/mol. The molecule has 0 spiro atoms. The standard InChI is InChI=1S/C23H28Cl2N6O2/c1-30(2)18-10-8-16(20(24)12-18)14-26-28-22(32)6-5-7-23(33)29-27-15-17-9-11-19(31(3)4)13-21(17)25/h8-15H,5-7H2,1-4H3,(H,28,32)(H,29,33)/b26-14-,27-15-. The van der Waals surface area contributed by atoms with Crippen LogP contribution >= 0.6 is 23.2 Å². The van der Waals surface area contributed by atoms with E-state index in [9.17, 15) is 9.59 Å². The molecule has 8 nitrogen and oxygen atoms in total. The molecule has 0 atom stereocenters. The average Bonchev–Trinajstić information content (AvgIpc) is 2.75. The Labute approximate surface area is 204 Å². The molecule has 2 rings (SSSR count). The van der Waals surface area contributed by atoms with E-state index in [0.29, 0.717) is 27.6 Å². The first-order chi connectivity index (χ1) is 15.7. The fraction of sp³-hybridized carbons (Fsp3) is 0.304. The molecule has 2 amide bonds. The highest BCUT2D eigenvalue weighted by atomic mass is 35.5. The third-order valence-corrected chi connectivity index (χ3v) is 5.25. The van der Waals surface area contributed by atoms with Crippen LogP contribution in [0.1, 0.15) is 30.4 Å². The van der Waals surface area contributed by atoms with Crippen LogP contribution in [-0.2, 0) is 9.59 Å². The van der Waals surface area contributed by atoms with Gasteiger partial charge >= 0.3 is 0 Å². The minimum Gasteiger partial charge on any atom is -0.378 e. The molecule has 0 aromatic heterocycles. The molecule has 176 valence electrons. The number of nitrogens with one attached hydrogen (secondary N) is 2. The number of anilines is 2. The van der Waals surface area contributed by atoms with Crippen molar-refractivity contribution in [2.75, 3.05) is 38.0 Å². The summed E-state index contributed by atoms with van der Waals surface area (Å²) in [6, 6.07) is 11.1. The van der Waals surface area contributed by atoms with E-state index < -0.39 is 0 Å². The minimum absolute atomic E-state index is 0.152. The molecule has 0 saturated carbocycles. The number of rotatable bonds is 10. The molecule has 2 aromatic rings. The number of hydrogen-bond donors (Lipinski definition) is 2. The van der Waals surface area contributed by atoms with E-state index in [2.05, 4.69) is 21.1 Å². The van der Waals surface area contributed by atoms with Gasteiger partial charge in [0, 0.05) is 63.5 Å². The fourth-order valence-electron chi connectivity index (χ4n) is 2.67. The van der Waals surface area contributed by atoms with E-state index in [1.54, 1.807) is 0 Å². The van der Waals surface area contributed by atoms with Crippen LogP contribution in [-0.4, -0.2) is 52.4 Å². The lowest BCUT2D eigenvalue weighted by Crippen LogP contribution is -2.20. The first-order valence-corrected chi connectivity index (χ1v) is 11.0. The summed E-state index contributed by atoms with van der Waals surface area (Å²) in [5, 5.41) is 8.91. The van der Waals surface area contributed by atoms with Crippen molar-refractivity contribution in [2.45, 2.75) is 19.3 Å². The summed E-state index contributed by atoms with van der Waals surface area (Å²) in [6.45, 7) is 0. The number of hydrazone groups is 2. The van der Waals surface area contributed by atoms with Gasteiger partial charge in [-0.05, 0) is 42.8 Å². The van der Waals surface area contributed by atoms with Crippen LogP contribution in [0.2, 0.25) is 10.0 Å². The van der Waals surface area contributed by atoms with Gasteiger partial charge in [0.15, 0.2) is 0 Å². The van der Waals surface area contributed by atoms with Crippen LogP contribution in [0.4, 0.5) is 11.4 Å². The Morgan fingerprint density at radius 1 is 0.788 bits per heavy atom. The summed E-state index contributed by atoms with van der Waals surface area (Å²) in [5.41, 5.74) is 8.19. The highest BCUT2D eigenvalue weighted by Gasteiger charge is 2.06. The summed E-state index contributed by atoms with van der Waals surface area (Å²) in [6.07, 6.45) is 3.63. The molecule has 2 aromatic carbocycles. The zero-order valence-corrected chi connectivity index (χ0v) is 20.6. The minimum atomic E-state index is -0.295. The van der Waals surface area contributed by atoms with Crippen LogP contribution in [0, 0.1) is 0 Å². The van der Waals surface area contributed by atoms with Gasteiger partial charge in [-0.25, -0.2) is 10.9 Å². The topological polar surface area (TPSA) is 89.4 Å². The van der Waals surface area contributed by atoms with E-state index in [4.69, 9.17) is 23.2 Å². The predicted molar refractivity (Wildman–Crippen MR) is 137 cm³/mol. The van der Waals surface area contributed by atoms with Crippen molar-refractivity contribution in [1.29, 1.82) is 0 Å². The number of carbonyl (C=O) groups excluding carboxylic acids is 2. The number of hydrogen-bond acceptors (Lipinski definition) is 6. The van der Waals surface area contributed by atoms with Crippen LogP contribution < -0.4 is 20.7 Å². The van der Waals surface area contributed by atoms with Crippen LogP contribution in [0.3, 0.4) is 0 Å². The molecule has 33 heavy (non-hydrogen) atoms. The van der Waals surface area contributed by atoms with E-state index in [-0.39, 0.29) is 24.7 Å². The number of halogens is 2. The largest absolute Gasteiger partial charge is 0.378 e. The second-order valence-corrected chi connectivity index (χ2v) is 8.45. The molecular weight excluding hydrogens is 463 g/mol. The van der Waals surface area contributed by atoms with Crippen molar-refractivity contribution in [1.82, 2.24) is 10.9 Å². The first kappa shape index (κ1) is 26.2. The van der Waals surface area contributed by atoms with E-state index in [1.165, 1.54) is 12.4 Å². The quantitative estimate of drug-likeness (QED) is 0.390. The Morgan fingerprint density at radius 3 is 1.52 bits per heavy atom. The Morgan fingerprint density at radius 2 is 1.18 bits per heavy atom. The number of nitrogens with zero attached hydrogens (tertiary/aromatic N) is 4. The van der Waals surface area contributed by atoms with Gasteiger partial charge in [0.2, 0.25) is 11.8 Å². The summed E-state index contributed by atoms with van der Waals surface area (Å²) in [4.78, 5) is 27.7. The van der Waals surface area contributed by atoms with E-state index in [1.807, 2.05) is 74.4 Å². The van der Waals surface area contributed by atoms with Crippen LogP contribution in [0.15, 0.2) is 46.6 Å². The molecule has 0 fully saturated rings. The normalized spacial score (nSPS) is 11.1. The summed E-state index contributed by atoms with van der Waals surface area (Å²) in [7, 11) is 7.69. The second-order valence-electron chi connectivity index (χ2n) is 7.64. The monoisotopic (exact) mass is 490 g/mol. The Kier molecular flexibility index (Phi) is 10.2. The predicted octanol–water partition coefficient (Wildman–Crippen LogP) is 3.90. The molecule has 0 saturated heterocycles.